The molecule has 23 heavy (non-hydrogen) atoms. The van der Waals surface area contributed by atoms with Gasteiger partial charge in [-0.3, -0.25) is 4.99 Å². The number of nitrogens with one attached hydrogen (secondary N) is 2. The monoisotopic (exact) mass is 462 g/mol. The average Bonchev–Trinajstić information content (AvgIpc) is 2.50. The van der Waals surface area contributed by atoms with Crippen LogP contribution in [0.4, 0.5) is 0 Å². The summed E-state index contributed by atoms with van der Waals surface area (Å²) in [6.45, 7) is 7.24. The maximum Gasteiger partial charge on any atom is 0.213 e. The molecule has 0 rings (SSSR count). The maximum atomic E-state index is 11.6. The molecule has 0 radical (unpaired) electrons. The summed E-state index contributed by atoms with van der Waals surface area (Å²) in [4.78, 5) is 4.20. The van der Waals surface area contributed by atoms with Crippen LogP contribution in [0.3, 0.4) is 0 Å². The van der Waals surface area contributed by atoms with Crippen LogP contribution in [0.5, 0.6) is 0 Å². The maximum absolute atomic E-state index is 11.6. The number of unbranched alkanes of at least 4 members (excludes halogenated alkanes) is 2. The second kappa shape index (κ2) is 14.3. The summed E-state index contributed by atoms with van der Waals surface area (Å²) in [5, 5.41) is 6.60. The molecule has 0 aliphatic heterocycles. The summed E-state index contributed by atoms with van der Waals surface area (Å²) in [6, 6.07) is 0.390. The molecule has 0 saturated carbocycles. The predicted octanol–water partition coefficient (Wildman–Crippen LogP) is 2.41. The number of halogens is 1. The Kier molecular flexibility index (Phi) is 15.6. The average molecular weight is 462 g/mol. The van der Waals surface area contributed by atoms with E-state index in [1.165, 1.54) is 23.6 Å². The van der Waals surface area contributed by atoms with Crippen LogP contribution in [0.15, 0.2) is 4.99 Å². The quantitative estimate of drug-likeness (QED) is 0.214. The number of rotatable bonds is 11. The zero-order chi connectivity index (χ0) is 17.0. The Labute approximate surface area is 160 Å². The first kappa shape index (κ1) is 25.2. The van der Waals surface area contributed by atoms with E-state index in [9.17, 15) is 8.42 Å². The van der Waals surface area contributed by atoms with Gasteiger partial charge in [0.05, 0.1) is 5.75 Å². The van der Waals surface area contributed by atoms with Crippen molar-refractivity contribution in [3.05, 3.63) is 0 Å². The molecule has 6 nitrogen and oxygen atoms in total. The van der Waals surface area contributed by atoms with Gasteiger partial charge >= 0.3 is 0 Å². The van der Waals surface area contributed by atoms with Crippen LogP contribution in [0.25, 0.3) is 0 Å². The van der Waals surface area contributed by atoms with Crippen LogP contribution < -0.4 is 10.6 Å². The van der Waals surface area contributed by atoms with Gasteiger partial charge in [0.1, 0.15) is 0 Å². The van der Waals surface area contributed by atoms with E-state index in [1.807, 2.05) is 0 Å². The number of hydrogen-bond donors (Lipinski definition) is 2. The predicted molar refractivity (Wildman–Crippen MR) is 110 cm³/mol. The third-order valence-corrected chi connectivity index (χ3v) is 5.49. The molecule has 140 valence electrons. The van der Waals surface area contributed by atoms with Crippen LogP contribution >= 0.6 is 24.0 Å². The zero-order valence-corrected chi connectivity index (χ0v) is 18.4. The third kappa shape index (κ3) is 12.0. The topological polar surface area (TPSA) is 73.8 Å². The fraction of sp³-hybridized carbons (Fsp3) is 0.933. The molecule has 0 spiro atoms. The Morgan fingerprint density at radius 2 is 1.87 bits per heavy atom. The molecular weight excluding hydrogens is 427 g/mol. The van der Waals surface area contributed by atoms with Gasteiger partial charge in [0, 0.05) is 33.2 Å². The molecule has 0 aliphatic carbocycles. The van der Waals surface area contributed by atoms with Gasteiger partial charge in [-0.25, -0.2) is 12.7 Å². The van der Waals surface area contributed by atoms with E-state index in [4.69, 9.17) is 0 Å². The fourth-order valence-corrected chi connectivity index (χ4v) is 2.92. The van der Waals surface area contributed by atoms with Crippen molar-refractivity contribution >= 4 is 40.0 Å². The lowest BCUT2D eigenvalue weighted by atomic mass is 10.1. The minimum absolute atomic E-state index is 0. The molecule has 0 aliphatic rings. The van der Waals surface area contributed by atoms with Gasteiger partial charge in [0.15, 0.2) is 5.96 Å². The van der Waals surface area contributed by atoms with Gasteiger partial charge in [0.2, 0.25) is 10.0 Å². The number of nitrogens with zero attached hydrogens (tertiary/aromatic N) is 2. The van der Waals surface area contributed by atoms with E-state index in [0.29, 0.717) is 19.1 Å². The highest BCUT2D eigenvalue weighted by molar-refractivity contribution is 14.0. The van der Waals surface area contributed by atoms with E-state index >= 15 is 0 Å². The molecule has 0 aromatic rings. The molecule has 0 amide bonds. The number of sulfonamides is 1. The van der Waals surface area contributed by atoms with Crippen molar-refractivity contribution in [3.63, 3.8) is 0 Å². The SMILES string of the molecule is CCCCCC(C)NC(=NC)NCCCN(C)S(=O)(=O)CC.I. The van der Waals surface area contributed by atoms with Gasteiger partial charge < -0.3 is 10.6 Å². The lowest BCUT2D eigenvalue weighted by Gasteiger charge is -2.19. The molecule has 0 heterocycles. The Hall–Kier alpha value is -0.0900. The molecular formula is C15H35IN4O2S. The van der Waals surface area contributed by atoms with Gasteiger partial charge in [-0.05, 0) is 26.7 Å². The molecule has 1 atom stereocenters. The van der Waals surface area contributed by atoms with Gasteiger partial charge in [0.25, 0.3) is 0 Å². The van der Waals surface area contributed by atoms with Crippen molar-refractivity contribution < 1.29 is 8.42 Å². The van der Waals surface area contributed by atoms with Crippen LogP contribution in [-0.2, 0) is 10.0 Å². The molecule has 0 bridgehead atoms. The highest BCUT2D eigenvalue weighted by atomic mass is 127. The van der Waals surface area contributed by atoms with E-state index < -0.39 is 10.0 Å². The minimum atomic E-state index is -3.08. The van der Waals surface area contributed by atoms with Gasteiger partial charge in [-0.15, -0.1) is 24.0 Å². The Morgan fingerprint density at radius 1 is 1.22 bits per heavy atom. The molecule has 0 saturated heterocycles. The van der Waals surface area contributed by atoms with E-state index in [2.05, 4.69) is 29.5 Å². The van der Waals surface area contributed by atoms with Crippen LogP contribution in [0, 0.1) is 0 Å². The molecule has 8 heteroatoms. The normalized spacial score (nSPS) is 13.6. The van der Waals surface area contributed by atoms with E-state index in [-0.39, 0.29) is 29.7 Å². The summed E-state index contributed by atoms with van der Waals surface area (Å²) < 4.78 is 24.7. The summed E-state index contributed by atoms with van der Waals surface area (Å²) in [5.41, 5.74) is 0. The highest BCUT2D eigenvalue weighted by Crippen LogP contribution is 2.02. The van der Waals surface area contributed by atoms with Crippen LogP contribution in [0.1, 0.15) is 52.9 Å². The highest BCUT2D eigenvalue weighted by Gasteiger charge is 2.14. The first-order valence-electron chi connectivity index (χ1n) is 8.28. The van der Waals surface area contributed by atoms with Crippen molar-refractivity contribution in [1.82, 2.24) is 14.9 Å². The first-order chi connectivity index (χ1) is 10.4. The van der Waals surface area contributed by atoms with E-state index in [0.717, 1.165) is 18.8 Å². The molecule has 0 aromatic carbocycles. The Balaban J connectivity index is 0. The van der Waals surface area contributed by atoms with Crippen LogP contribution in [-0.4, -0.2) is 57.7 Å². The second-order valence-electron chi connectivity index (χ2n) is 5.62. The number of hydrogen-bond acceptors (Lipinski definition) is 3. The van der Waals surface area contributed by atoms with Crippen molar-refractivity contribution in [2.24, 2.45) is 4.99 Å². The first-order valence-corrected chi connectivity index (χ1v) is 9.89. The van der Waals surface area contributed by atoms with Crippen LogP contribution in [0.2, 0.25) is 0 Å². The second-order valence-corrected chi connectivity index (χ2v) is 7.98. The zero-order valence-electron chi connectivity index (χ0n) is 15.3. The Bertz CT molecular complexity index is 416. The molecule has 2 N–H and O–H groups in total. The van der Waals surface area contributed by atoms with Crippen molar-refractivity contribution in [3.8, 4) is 0 Å². The van der Waals surface area contributed by atoms with Crippen molar-refractivity contribution in [2.75, 3.05) is 32.9 Å². The van der Waals surface area contributed by atoms with E-state index in [1.54, 1.807) is 21.0 Å². The largest absolute Gasteiger partial charge is 0.356 e. The Morgan fingerprint density at radius 3 is 2.39 bits per heavy atom. The smallest absolute Gasteiger partial charge is 0.213 e. The number of aliphatic imine (C=N–C) groups is 1. The van der Waals surface area contributed by atoms with Crippen molar-refractivity contribution in [2.45, 2.75) is 58.9 Å². The summed E-state index contributed by atoms with van der Waals surface area (Å²) >= 11 is 0. The lowest BCUT2D eigenvalue weighted by molar-refractivity contribution is 0.460. The number of guanidine groups is 1. The fourth-order valence-electron chi connectivity index (χ4n) is 2.07. The standard InChI is InChI=1S/C15H34N4O2S.HI/c1-6-8-9-11-14(3)18-15(16-4)17-12-10-13-19(5)22(20,21)7-2;/h14H,6-13H2,1-5H3,(H2,16,17,18);1H. The molecule has 0 aromatic heterocycles. The van der Waals surface area contributed by atoms with Gasteiger partial charge in [-0.2, -0.15) is 0 Å². The van der Waals surface area contributed by atoms with Gasteiger partial charge in [-0.1, -0.05) is 26.2 Å². The summed E-state index contributed by atoms with van der Waals surface area (Å²) in [6.07, 6.45) is 5.60. The molecule has 1 unspecified atom stereocenters. The minimum Gasteiger partial charge on any atom is -0.356 e. The van der Waals surface area contributed by atoms with Crippen molar-refractivity contribution in [1.29, 1.82) is 0 Å². The molecule has 0 fully saturated rings. The third-order valence-electron chi connectivity index (χ3n) is 3.63. The summed E-state index contributed by atoms with van der Waals surface area (Å²) in [7, 11) is 0.302. The lowest BCUT2D eigenvalue weighted by Crippen LogP contribution is -2.43. The summed E-state index contributed by atoms with van der Waals surface area (Å²) in [5.74, 6) is 0.931.